The number of carbonyl (C=O) groups is 2. The lowest BCUT2D eigenvalue weighted by molar-refractivity contribution is -0.139. The SMILES string of the molecule is CN1CCCNc2cccc(n2)CCCN(C(=O)CCc2cnn(C)c2)CC1=O. The average molecular weight is 399 g/mol. The van der Waals surface area contributed by atoms with E-state index in [9.17, 15) is 9.59 Å². The zero-order valence-electron chi connectivity index (χ0n) is 17.3. The fraction of sp³-hybridized carbons (Fsp3) is 0.524. The highest BCUT2D eigenvalue weighted by Gasteiger charge is 2.19. The van der Waals surface area contributed by atoms with Gasteiger partial charge < -0.3 is 15.1 Å². The second kappa shape index (κ2) is 10.0. The number of carbonyl (C=O) groups excluding carboxylic acids is 2. The molecule has 2 aromatic rings. The summed E-state index contributed by atoms with van der Waals surface area (Å²) in [5.41, 5.74) is 2.03. The smallest absolute Gasteiger partial charge is 0.241 e. The molecule has 0 saturated heterocycles. The molecule has 1 N–H and O–H groups in total. The molecule has 8 nitrogen and oxygen atoms in total. The number of pyridine rings is 1. The maximum absolute atomic E-state index is 12.8. The summed E-state index contributed by atoms with van der Waals surface area (Å²) in [7, 11) is 3.66. The summed E-state index contributed by atoms with van der Waals surface area (Å²) in [6.07, 6.45) is 7.06. The lowest BCUT2D eigenvalue weighted by Gasteiger charge is -2.26. The van der Waals surface area contributed by atoms with Gasteiger partial charge in [-0.2, -0.15) is 5.10 Å². The van der Waals surface area contributed by atoms with E-state index in [1.165, 1.54) is 0 Å². The Kier molecular flexibility index (Phi) is 7.21. The van der Waals surface area contributed by atoms with Gasteiger partial charge in [-0.15, -0.1) is 0 Å². The van der Waals surface area contributed by atoms with Gasteiger partial charge in [-0.05, 0) is 43.4 Å². The minimum Gasteiger partial charge on any atom is -0.370 e. The van der Waals surface area contributed by atoms with Crippen molar-refractivity contribution in [3.63, 3.8) is 0 Å². The van der Waals surface area contributed by atoms with Crippen molar-refractivity contribution in [2.75, 3.05) is 38.5 Å². The molecule has 156 valence electrons. The Labute approximate surface area is 171 Å². The van der Waals surface area contributed by atoms with E-state index in [1.54, 1.807) is 27.7 Å². The Hall–Kier alpha value is -2.90. The zero-order chi connectivity index (χ0) is 20.6. The maximum atomic E-state index is 12.8. The van der Waals surface area contributed by atoms with Gasteiger partial charge in [0.15, 0.2) is 0 Å². The molecular weight excluding hydrogens is 368 g/mol. The van der Waals surface area contributed by atoms with E-state index < -0.39 is 0 Å². The highest BCUT2D eigenvalue weighted by Crippen LogP contribution is 2.10. The fourth-order valence-electron chi connectivity index (χ4n) is 3.41. The van der Waals surface area contributed by atoms with Crippen LogP contribution in [0.1, 0.15) is 30.5 Å². The molecule has 2 bridgehead atoms. The van der Waals surface area contributed by atoms with Crippen LogP contribution in [0.15, 0.2) is 30.6 Å². The van der Waals surface area contributed by atoms with Gasteiger partial charge in [0.1, 0.15) is 5.82 Å². The lowest BCUT2D eigenvalue weighted by atomic mass is 10.1. The van der Waals surface area contributed by atoms with Gasteiger partial charge >= 0.3 is 0 Å². The van der Waals surface area contributed by atoms with Gasteiger partial charge in [0.2, 0.25) is 11.8 Å². The zero-order valence-corrected chi connectivity index (χ0v) is 17.3. The van der Waals surface area contributed by atoms with Crippen molar-refractivity contribution >= 4 is 17.6 Å². The largest absolute Gasteiger partial charge is 0.370 e. The summed E-state index contributed by atoms with van der Waals surface area (Å²) in [4.78, 5) is 33.5. The Morgan fingerprint density at radius 2 is 2.07 bits per heavy atom. The number of amides is 2. The van der Waals surface area contributed by atoms with Crippen LogP contribution in [0.3, 0.4) is 0 Å². The van der Waals surface area contributed by atoms with Crippen LogP contribution >= 0.6 is 0 Å². The van der Waals surface area contributed by atoms with E-state index >= 15 is 0 Å². The standard InChI is InChI=1S/C21H30N6O2/c1-25-12-5-11-22-19-8-3-6-18(24-19)7-4-13-27(16-21(25)29)20(28)10-9-17-14-23-26(2)15-17/h3,6,8,14-15H,4-5,7,9-13,16H2,1-2H3,(H,22,24). The van der Waals surface area contributed by atoms with Crippen LogP contribution in [0.2, 0.25) is 0 Å². The summed E-state index contributed by atoms with van der Waals surface area (Å²) in [6, 6.07) is 5.96. The second-order valence-electron chi connectivity index (χ2n) is 7.55. The van der Waals surface area contributed by atoms with Crippen molar-refractivity contribution in [3.05, 3.63) is 41.9 Å². The number of fused-ring (bicyclic) bond motifs is 2. The molecular formula is C21H30N6O2. The van der Waals surface area contributed by atoms with Crippen LogP contribution in [0.5, 0.6) is 0 Å². The Morgan fingerprint density at radius 3 is 2.86 bits per heavy atom. The van der Waals surface area contributed by atoms with E-state index in [1.807, 2.05) is 31.4 Å². The van der Waals surface area contributed by atoms with Crippen LogP contribution in [0.4, 0.5) is 5.82 Å². The summed E-state index contributed by atoms with van der Waals surface area (Å²) in [5, 5.41) is 7.46. The lowest BCUT2D eigenvalue weighted by Crippen LogP contribution is -2.42. The van der Waals surface area contributed by atoms with Crippen LogP contribution in [0.25, 0.3) is 0 Å². The first-order valence-electron chi connectivity index (χ1n) is 10.2. The van der Waals surface area contributed by atoms with Gasteiger partial charge in [0, 0.05) is 52.0 Å². The third-order valence-corrected chi connectivity index (χ3v) is 5.13. The van der Waals surface area contributed by atoms with Crippen molar-refractivity contribution in [1.82, 2.24) is 24.6 Å². The van der Waals surface area contributed by atoms with Crippen molar-refractivity contribution in [1.29, 1.82) is 0 Å². The molecule has 0 radical (unpaired) electrons. The molecule has 2 aromatic heterocycles. The fourth-order valence-corrected chi connectivity index (χ4v) is 3.41. The molecule has 2 amide bonds. The molecule has 1 aliphatic heterocycles. The minimum atomic E-state index is -0.0200. The van der Waals surface area contributed by atoms with Crippen LogP contribution in [0, 0.1) is 0 Å². The van der Waals surface area contributed by atoms with Gasteiger partial charge in [-0.25, -0.2) is 4.98 Å². The molecule has 0 aromatic carbocycles. The average Bonchev–Trinajstić information content (AvgIpc) is 3.13. The molecule has 0 saturated carbocycles. The molecule has 8 heteroatoms. The summed E-state index contributed by atoms with van der Waals surface area (Å²) in [6.45, 7) is 2.07. The Balaban J connectivity index is 1.66. The summed E-state index contributed by atoms with van der Waals surface area (Å²) < 4.78 is 1.73. The number of nitrogens with one attached hydrogen (secondary N) is 1. The summed E-state index contributed by atoms with van der Waals surface area (Å²) in [5.74, 6) is 0.845. The Bertz CT molecular complexity index is 834. The topological polar surface area (TPSA) is 83.4 Å². The molecule has 1 aliphatic rings. The second-order valence-corrected chi connectivity index (χ2v) is 7.55. The molecule has 3 heterocycles. The number of anilines is 1. The quantitative estimate of drug-likeness (QED) is 0.847. The molecule has 3 rings (SSSR count). The number of nitrogens with zero attached hydrogens (tertiary/aromatic N) is 5. The molecule has 0 spiro atoms. The maximum Gasteiger partial charge on any atom is 0.241 e. The third-order valence-electron chi connectivity index (χ3n) is 5.13. The minimum absolute atomic E-state index is 0.00562. The van der Waals surface area contributed by atoms with Crippen molar-refractivity contribution in [2.45, 2.75) is 32.1 Å². The summed E-state index contributed by atoms with van der Waals surface area (Å²) >= 11 is 0. The van der Waals surface area contributed by atoms with Gasteiger partial charge in [0.05, 0.1) is 12.7 Å². The predicted molar refractivity (Wildman–Crippen MR) is 111 cm³/mol. The number of likely N-dealkylation sites (N-methyl/N-ethyl adjacent to an activating group) is 1. The molecule has 29 heavy (non-hydrogen) atoms. The molecule has 0 atom stereocenters. The predicted octanol–water partition coefficient (Wildman–Crippen LogP) is 1.48. The highest BCUT2D eigenvalue weighted by molar-refractivity contribution is 5.84. The molecule has 0 unspecified atom stereocenters. The van der Waals surface area contributed by atoms with Gasteiger partial charge in [0.25, 0.3) is 0 Å². The molecule has 0 aliphatic carbocycles. The first-order chi connectivity index (χ1) is 14.0. The van der Waals surface area contributed by atoms with Crippen LogP contribution < -0.4 is 5.32 Å². The van der Waals surface area contributed by atoms with Crippen molar-refractivity contribution < 1.29 is 9.59 Å². The van der Waals surface area contributed by atoms with E-state index in [0.717, 1.165) is 42.9 Å². The molecule has 0 fully saturated rings. The third kappa shape index (κ3) is 6.30. The first kappa shape index (κ1) is 20.8. The number of hydrogen-bond acceptors (Lipinski definition) is 5. The first-order valence-corrected chi connectivity index (χ1v) is 10.2. The number of aryl methyl sites for hydroxylation is 3. The van der Waals surface area contributed by atoms with Gasteiger partial charge in [-0.3, -0.25) is 14.3 Å². The van der Waals surface area contributed by atoms with E-state index in [2.05, 4.69) is 15.4 Å². The Morgan fingerprint density at radius 1 is 1.21 bits per heavy atom. The monoisotopic (exact) mass is 398 g/mol. The van der Waals surface area contributed by atoms with Crippen molar-refractivity contribution in [3.8, 4) is 0 Å². The normalized spacial score (nSPS) is 16.3. The number of hydrogen-bond donors (Lipinski definition) is 1. The van der Waals surface area contributed by atoms with E-state index in [0.29, 0.717) is 25.9 Å². The number of aromatic nitrogens is 3. The van der Waals surface area contributed by atoms with E-state index in [4.69, 9.17) is 0 Å². The van der Waals surface area contributed by atoms with Crippen LogP contribution in [-0.4, -0.2) is 69.6 Å². The number of rotatable bonds is 3. The van der Waals surface area contributed by atoms with Crippen LogP contribution in [-0.2, 0) is 29.5 Å². The highest BCUT2D eigenvalue weighted by atomic mass is 16.2. The van der Waals surface area contributed by atoms with E-state index in [-0.39, 0.29) is 18.4 Å². The van der Waals surface area contributed by atoms with Crippen molar-refractivity contribution in [2.24, 2.45) is 7.05 Å². The van der Waals surface area contributed by atoms with Gasteiger partial charge in [-0.1, -0.05) is 6.07 Å².